The highest BCUT2D eigenvalue weighted by Gasteiger charge is 2.18. The number of methoxy groups -OCH3 is 2. The second-order valence-corrected chi connectivity index (χ2v) is 6.99. The number of nitrogens with zero attached hydrogens (tertiary/aromatic N) is 1. The van der Waals surface area contributed by atoms with Gasteiger partial charge in [-0.25, -0.2) is 8.42 Å². The minimum Gasteiger partial charge on any atom is -0.383 e. The highest BCUT2D eigenvalue weighted by atomic mass is 32.2. The Morgan fingerprint density at radius 3 is 2.10 bits per heavy atom. The molecule has 6 heteroatoms. The van der Waals surface area contributed by atoms with Crippen molar-refractivity contribution in [2.45, 2.75) is 11.8 Å². The van der Waals surface area contributed by atoms with Crippen molar-refractivity contribution in [3.63, 3.8) is 0 Å². The van der Waals surface area contributed by atoms with Crippen LogP contribution in [-0.4, -0.2) is 66.1 Å². The van der Waals surface area contributed by atoms with Gasteiger partial charge in [0.15, 0.2) is 9.84 Å². The van der Waals surface area contributed by atoms with Gasteiger partial charge >= 0.3 is 0 Å². The Morgan fingerprint density at radius 1 is 1.00 bits per heavy atom. The molecule has 0 fully saturated rings. The Hall–Kier alpha value is -0.950. The normalized spacial score (nSPS) is 12.0. The average molecular weight is 315 g/mol. The van der Waals surface area contributed by atoms with E-state index in [9.17, 15) is 8.42 Å². The van der Waals surface area contributed by atoms with Crippen LogP contribution in [0.4, 0.5) is 0 Å². The lowest BCUT2D eigenvalue weighted by molar-refractivity contribution is 0.118. The van der Waals surface area contributed by atoms with Crippen molar-refractivity contribution in [2.75, 3.05) is 52.8 Å². The van der Waals surface area contributed by atoms with E-state index in [0.29, 0.717) is 37.7 Å². The Bertz CT molecular complexity index is 508. The molecule has 120 valence electrons. The molecular formula is C15H25NO4S. The fourth-order valence-corrected chi connectivity index (χ4v) is 3.60. The van der Waals surface area contributed by atoms with Crippen molar-refractivity contribution >= 4 is 9.84 Å². The number of benzene rings is 1. The van der Waals surface area contributed by atoms with Crippen LogP contribution < -0.4 is 0 Å². The van der Waals surface area contributed by atoms with Crippen LogP contribution in [0.5, 0.6) is 0 Å². The first-order valence-corrected chi connectivity index (χ1v) is 8.65. The minimum absolute atomic E-state index is 0.102. The molecule has 1 rings (SSSR count). The highest BCUT2D eigenvalue weighted by molar-refractivity contribution is 7.91. The second-order valence-electron chi connectivity index (χ2n) is 4.91. The Labute approximate surface area is 127 Å². The van der Waals surface area contributed by atoms with E-state index in [4.69, 9.17) is 9.47 Å². The van der Waals surface area contributed by atoms with Crippen LogP contribution in [-0.2, 0) is 19.3 Å². The third-order valence-electron chi connectivity index (χ3n) is 3.33. The predicted octanol–water partition coefficient (Wildman–Crippen LogP) is 1.36. The molecule has 0 heterocycles. The zero-order valence-electron chi connectivity index (χ0n) is 13.0. The monoisotopic (exact) mass is 315 g/mol. The second kappa shape index (κ2) is 9.15. The van der Waals surface area contributed by atoms with E-state index in [0.717, 1.165) is 5.56 Å². The molecule has 1 aromatic rings. The van der Waals surface area contributed by atoms with Crippen molar-refractivity contribution in [3.8, 4) is 0 Å². The van der Waals surface area contributed by atoms with Crippen LogP contribution in [0.25, 0.3) is 0 Å². The van der Waals surface area contributed by atoms with Crippen molar-refractivity contribution in [1.29, 1.82) is 0 Å². The summed E-state index contributed by atoms with van der Waals surface area (Å²) >= 11 is 0. The van der Waals surface area contributed by atoms with Gasteiger partial charge in [-0.3, -0.25) is 4.90 Å². The molecule has 0 N–H and O–H groups in total. The fourth-order valence-electron chi connectivity index (χ4n) is 2.04. The van der Waals surface area contributed by atoms with E-state index >= 15 is 0 Å². The molecule has 0 radical (unpaired) electrons. The van der Waals surface area contributed by atoms with E-state index in [1.54, 1.807) is 26.4 Å². The Balaban J connectivity index is 2.67. The summed E-state index contributed by atoms with van der Waals surface area (Å²) < 4.78 is 34.9. The van der Waals surface area contributed by atoms with Crippen LogP contribution in [0.3, 0.4) is 0 Å². The molecule has 0 amide bonds. The Morgan fingerprint density at radius 2 is 1.57 bits per heavy atom. The number of hydrogen-bond acceptors (Lipinski definition) is 5. The molecule has 0 unspecified atom stereocenters. The van der Waals surface area contributed by atoms with Gasteiger partial charge in [0.1, 0.15) is 0 Å². The van der Waals surface area contributed by atoms with E-state index < -0.39 is 9.84 Å². The summed E-state index contributed by atoms with van der Waals surface area (Å²) in [6.07, 6.45) is 0. The van der Waals surface area contributed by atoms with Gasteiger partial charge in [0, 0.05) is 33.9 Å². The number of hydrogen-bond donors (Lipinski definition) is 0. The van der Waals surface area contributed by atoms with Gasteiger partial charge in [-0.05, 0) is 18.6 Å². The van der Waals surface area contributed by atoms with Gasteiger partial charge in [-0.2, -0.15) is 0 Å². The van der Waals surface area contributed by atoms with E-state index in [2.05, 4.69) is 0 Å². The number of rotatable bonds is 10. The zero-order chi connectivity index (χ0) is 15.7. The molecule has 0 aliphatic heterocycles. The summed E-state index contributed by atoms with van der Waals surface area (Å²) in [5, 5.41) is 0. The molecule has 0 atom stereocenters. The Kier molecular flexibility index (Phi) is 7.88. The molecule has 0 saturated heterocycles. The number of ether oxygens (including phenoxy) is 2. The summed E-state index contributed by atoms with van der Waals surface area (Å²) in [6, 6.07) is 7.09. The van der Waals surface area contributed by atoms with Crippen LogP contribution in [0, 0.1) is 6.92 Å². The average Bonchev–Trinajstić information content (AvgIpc) is 2.46. The third kappa shape index (κ3) is 6.13. The summed E-state index contributed by atoms with van der Waals surface area (Å²) in [5.74, 6) is 0.102. The minimum atomic E-state index is -3.26. The van der Waals surface area contributed by atoms with E-state index in [1.807, 2.05) is 24.0 Å². The fraction of sp³-hybridized carbons (Fsp3) is 0.600. The van der Waals surface area contributed by atoms with E-state index in [1.165, 1.54) is 0 Å². The lowest BCUT2D eigenvalue weighted by Crippen LogP contribution is -2.34. The lowest BCUT2D eigenvalue weighted by atomic mass is 10.2. The molecule has 0 aliphatic rings. The molecule has 1 aromatic carbocycles. The van der Waals surface area contributed by atoms with Crippen molar-refractivity contribution < 1.29 is 17.9 Å². The maximum absolute atomic E-state index is 12.4. The third-order valence-corrected chi connectivity index (χ3v) is 5.18. The molecule has 21 heavy (non-hydrogen) atoms. The molecular weight excluding hydrogens is 290 g/mol. The van der Waals surface area contributed by atoms with Gasteiger partial charge in [0.25, 0.3) is 0 Å². The van der Waals surface area contributed by atoms with Gasteiger partial charge in [-0.15, -0.1) is 0 Å². The number of sulfone groups is 1. The zero-order valence-corrected chi connectivity index (χ0v) is 13.9. The maximum atomic E-state index is 12.4. The van der Waals surface area contributed by atoms with Crippen molar-refractivity contribution in [3.05, 3.63) is 29.8 Å². The van der Waals surface area contributed by atoms with Crippen molar-refractivity contribution in [1.82, 2.24) is 4.90 Å². The standard InChI is InChI=1S/C15H25NO4S/c1-14-6-4-5-7-15(14)21(17,18)13-10-16(8-11-19-2)9-12-20-3/h4-7H,8-13H2,1-3H3. The highest BCUT2D eigenvalue weighted by Crippen LogP contribution is 2.15. The first-order chi connectivity index (χ1) is 10.0. The topological polar surface area (TPSA) is 55.8 Å². The smallest absolute Gasteiger partial charge is 0.179 e. The first kappa shape index (κ1) is 18.1. The van der Waals surface area contributed by atoms with Gasteiger partial charge in [0.05, 0.1) is 23.9 Å². The summed E-state index contributed by atoms with van der Waals surface area (Å²) in [6.45, 7) is 4.85. The molecule has 0 aliphatic carbocycles. The van der Waals surface area contributed by atoms with Crippen molar-refractivity contribution in [2.24, 2.45) is 0 Å². The SMILES string of the molecule is COCCN(CCOC)CCS(=O)(=O)c1ccccc1C. The van der Waals surface area contributed by atoms with Gasteiger partial charge in [-0.1, -0.05) is 18.2 Å². The van der Waals surface area contributed by atoms with Crippen LogP contribution >= 0.6 is 0 Å². The number of aryl methyl sites for hydroxylation is 1. The van der Waals surface area contributed by atoms with Crippen LogP contribution in [0.15, 0.2) is 29.2 Å². The predicted molar refractivity (Wildman–Crippen MR) is 83.4 cm³/mol. The largest absolute Gasteiger partial charge is 0.383 e. The molecule has 0 spiro atoms. The van der Waals surface area contributed by atoms with Crippen LogP contribution in [0.1, 0.15) is 5.56 Å². The van der Waals surface area contributed by atoms with Gasteiger partial charge < -0.3 is 9.47 Å². The lowest BCUT2D eigenvalue weighted by Gasteiger charge is -2.21. The quantitative estimate of drug-likeness (QED) is 0.652. The van der Waals surface area contributed by atoms with Crippen LogP contribution in [0.2, 0.25) is 0 Å². The molecule has 0 aromatic heterocycles. The molecule has 5 nitrogen and oxygen atoms in total. The van der Waals surface area contributed by atoms with Gasteiger partial charge in [0.2, 0.25) is 0 Å². The molecule has 0 saturated carbocycles. The summed E-state index contributed by atoms with van der Waals surface area (Å²) in [5.41, 5.74) is 0.790. The summed E-state index contributed by atoms with van der Waals surface area (Å²) in [7, 11) is 0.0156. The first-order valence-electron chi connectivity index (χ1n) is 7.00. The maximum Gasteiger partial charge on any atom is 0.179 e. The summed E-state index contributed by atoms with van der Waals surface area (Å²) in [4.78, 5) is 2.46. The molecule has 0 bridgehead atoms. The van der Waals surface area contributed by atoms with E-state index in [-0.39, 0.29) is 5.75 Å².